The third-order valence-corrected chi connectivity index (χ3v) is 5.38. The summed E-state index contributed by atoms with van der Waals surface area (Å²) < 4.78 is 25.4. The van der Waals surface area contributed by atoms with E-state index in [4.69, 9.17) is 0 Å². The van der Waals surface area contributed by atoms with Crippen molar-refractivity contribution in [1.29, 1.82) is 0 Å². The Kier molecular flexibility index (Phi) is 5.11. The zero-order valence-electron chi connectivity index (χ0n) is 13.4. The Bertz CT molecular complexity index is 649. The van der Waals surface area contributed by atoms with E-state index < -0.39 is 10.0 Å². The molecule has 0 atom stereocenters. The highest BCUT2D eigenvalue weighted by molar-refractivity contribution is 7.92. The number of hydrogen-bond acceptors (Lipinski definition) is 3. The molecule has 0 aliphatic heterocycles. The predicted octanol–water partition coefficient (Wildman–Crippen LogP) is 2.13. The van der Waals surface area contributed by atoms with Crippen molar-refractivity contribution in [3.05, 3.63) is 29.3 Å². The van der Waals surface area contributed by atoms with E-state index in [9.17, 15) is 13.2 Å². The van der Waals surface area contributed by atoms with E-state index in [0.717, 1.165) is 43.1 Å². The number of nitrogens with zero attached hydrogens (tertiary/aromatic N) is 1. The maximum Gasteiger partial charge on any atom is 0.240 e. The third kappa shape index (κ3) is 4.00. The molecule has 5 nitrogen and oxygen atoms in total. The number of hydrogen-bond donors (Lipinski definition) is 1. The second kappa shape index (κ2) is 6.69. The molecule has 1 aromatic rings. The zero-order chi connectivity index (χ0) is 16.3. The van der Waals surface area contributed by atoms with Crippen LogP contribution in [0.2, 0.25) is 0 Å². The lowest BCUT2D eigenvalue weighted by Gasteiger charge is -2.25. The van der Waals surface area contributed by atoms with Crippen molar-refractivity contribution in [3.8, 4) is 0 Å². The monoisotopic (exact) mass is 324 g/mol. The molecule has 1 aromatic carbocycles. The van der Waals surface area contributed by atoms with Crippen LogP contribution in [0.15, 0.2) is 18.2 Å². The van der Waals surface area contributed by atoms with Crippen LogP contribution in [0.1, 0.15) is 36.8 Å². The Hall–Kier alpha value is -1.56. The Labute approximate surface area is 132 Å². The summed E-state index contributed by atoms with van der Waals surface area (Å²) in [6.45, 7) is 3.63. The average Bonchev–Trinajstić information content (AvgIpc) is 2.91. The van der Waals surface area contributed by atoms with E-state index in [-0.39, 0.29) is 18.5 Å². The van der Waals surface area contributed by atoms with E-state index in [1.54, 1.807) is 6.07 Å². The Balaban J connectivity index is 2.20. The van der Waals surface area contributed by atoms with Gasteiger partial charge in [0.15, 0.2) is 0 Å². The van der Waals surface area contributed by atoms with E-state index >= 15 is 0 Å². The van der Waals surface area contributed by atoms with Crippen molar-refractivity contribution in [2.75, 3.05) is 17.1 Å². The lowest BCUT2D eigenvalue weighted by Crippen LogP contribution is -2.43. The fourth-order valence-electron chi connectivity index (χ4n) is 2.86. The number of rotatable bonds is 5. The number of sulfonamides is 1. The Morgan fingerprint density at radius 2 is 1.91 bits per heavy atom. The van der Waals surface area contributed by atoms with Crippen molar-refractivity contribution in [2.24, 2.45) is 0 Å². The van der Waals surface area contributed by atoms with Gasteiger partial charge < -0.3 is 5.32 Å². The summed E-state index contributed by atoms with van der Waals surface area (Å²) in [5.74, 6) is -0.238. The number of anilines is 1. The molecule has 122 valence electrons. The van der Waals surface area contributed by atoms with E-state index in [1.807, 2.05) is 26.0 Å². The molecule has 1 fully saturated rings. The molecule has 1 amide bonds. The summed E-state index contributed by atoms with van der Waals surface area (Å²) in [5, 5.41) is 2.94. The standard InChI is InChI=1S/C16H24N2O3S/c1-12-7-6-10-15(13(12)2)18(22(3,20)21)11-16(19)17-14-8-4-5-9-14/h6-7,10,14H,4-5,8-9,11H2,1-3H3,(H,17,19). The third-order valence-electron chi connectivity index (χ3n) is 4.25. The SMILES string of the molecule is Cc1cccc(N(CC(=O)NC2CCCC2)S(C)(=O)=O)c1C. The van der Waals surface area contributed by atoms with Crippen molar-refractivity contribution in [2.45, 2.75) is 45.6 Å². The minimum absolute atomic E-state index is 0.167. The van der Waals surface area contributed by atoms with Crippen LogP contribution in [0.4, 0.5) is 5.69 Å². The molecule has 0 radical (unpaired) electrons. The van der Waals surface area contributed by atoms with Crippen LogP contribution in [0.3, 0.4) is 0 Å². The van der Waals surface area contributed by atoms with Crippen molar-refractivity contribution >= 4 is 21.6 Å². The van der Waals surface area contributed by atoms with Crippen LogP contribution in [-0.4, -0.2) is 33.2 Å². The van der Waals surface area contributed by atoms with Gasteiger partial charge in [-0.2, -0.15) is 0 Å². The number of carbonyl (C=O) groups excluding carboxylic acids is 1. The molecular weight excluding hydrogens is 300 g/mol. The van der Waals surface area contributed by atoms with Crippen LogP contribution < -0.4 is 9.62 Å². The van der Waals surface area contributed by atoms with Crippen LogP contribution in [-0.2, 0) is 14.8 Å². The molecule has 0 spiro atoms. The second-order valence-electron chi connectivity index (χ2n) is 6.04. The van der Waals surface area contributed by atoms with E-state index in [1.165, 1.54) is 4.31 Å². The molecule has 0 aromatic heterocycles. The fourth-order valence-corrected chi connectivity index (χ4v) is 3.77. The first-order chi connectivity index (χ1) is 10.3. The second-order valence-corrected chi connectivity index (χ2v) is 7.94. The highest BCUT2D eigenvalue weighted by Crippen LogP contribution is 2.25. The van der Waals surface area contributed by atoms with Gasteiger partial charge in [-0.15, -0.1) is 0 Å². The number of nitrogens with one attached hydrogen (secondary N) is 1. The number of amides is 1. The summed E-state index contributed by atoms with van der Waals surface area (Å²) in [6.07, 6.45) is 5.34. The highest BCUT2D eigenvalue weighted by atomic mass is 32.2. The van der Waals surface area contributed by atoms with Gasteiger partial charge in [0.1, 0.15) is 6.54 Å². The van der Waals surface area contributed by atoms with Crippen molar-refractivity contribution in [1.82, 2.24) is 5.32 Å². The van der Waals surface area contributed by atoms with Gasteiger partial charge in [0.25, 0.3) is 0 Å². The van der Waals surface area contributed by atoms with Crippen molar-refractivity contribution < 1.29 is 13.2 Å². The normalized spacial score (nSPS) is 15.8. The highest BCUT2D eigenvalue weighted by Gasteiger charge is 2.24. The summed E-state index contributed by atoms with van der Waals surface area (Å²) in [6, 6.07) is 5.67. The molecule has 1 N–H and O–H groups in total. The first-order valence-corrected chi connectivity index (χ1v) is 9.47. The summed E-state index contributed by atoms with van der Waals surface area (Å²) in [5.41, 5.74) is 2.45. The molecule has 2 rings (SSSR count). The largest absolute Gasteiger partial charge is 0.352 e. The maximum absolute atomic E-state index is 12.2. The summed E-state index contributed by atoms with van der Waals surface area (Å²) in [4.78, 5) is 12.2. The average molecular weight is 324 g/mol. The first-order valence-electron chi connectivity index (χ1n) is 7.62. The number of benzene rings is 1. The van der Waals surface area contributed by atoms with Gasteiger partial charge in [0.2, 0.25) is 15.9 Å². The minimum atomic E-state index is -3.51. The molecular formula is C16H24N2O3S. The number of aryl methyl sites for hydroxylation is 1. The van der Waals surface area contributed by atoms with Gasteiger partial charge in [-0.3, -0.25) is 9.10 Å². The zero-order valence-corrected chi connectivity index (χ0v) is 14.2. The topological polar surface area (TPSA) is 66.5 Å². The summed E-state index contributed by atoms with van der Waals surface area (Å²) in [7, 11) is -3.51. The molecule has 0 saturated heterocycles. The van der Waals surface area contributed by atoms with Crippen LogP contribution in [0.25, 0.3) is 0 Å². The molecule has 1 aliphatic rings. The number of carbonyl (C=O) groups is 1. The predicted molar refractivity (Wildman–Crippen MR) is 88.5 cm³/mol. The lowest BCUT2D eigenvalue weighted by atomic mass is 10.1. The quantitative estimate of drug-likeness (QED) is 0.902. The van der Waals surface area contributed by atoms with Gasteiger partial charge >= 0.3 is 0 Å². The molecule has 1 saturated carbocycles. The van der Waals surface area contributed by atoms with Gasteiger partial charge in [-0.1, -0.05) is 25.0 Å². The van der Waals surface area contributed by atoms with Gasteiger partial charge in [-0.25, -0.2) is 8.42 Å². The van der Waals surface area contributed by atoms with Crippen molar-refractivity contribution in [3.63, 3.8) is 0 Å². The molecule has 0 unspecified atom stereocenters. The molecule has 22 heavy (non-hydrogen) atoms. The molecule has 1 aliphatic carbocycles. The Morgan fingerprint density at radius 3 is 2.50 bits per heavy atom. The van der Waals surface area contributed by atoms with Gasteiger partial charge in [-0.05, 0) is 43.9 Å². The van der Waals surface area contributed by atoms with E-state index in [2.05, 4.69) is 5.32 Å². The maximum atomic E-state index is 12.2. The van der Waals surface area contributed by atoms with Crippen LogP contribution >= 0.6 is 0 Å². The first kappa shape index (κ1) is 16.8. The lowest BCUT2D eigenvalue weighted by molar-refractivity contribution is -0.120. The van der Waals surface area contributed by atoms with Crippen LogP contribution in [0, 0.1) is 13.8 Å². The fraction of sp³-hybridized carbons (Fsp3) is 0.562. The van der Waals surface area contributed by atoms with E-state index in [0.29, 0.717) is 5.69 Å². The smallest absolute Gasteiger partial charge is 0.240 e. The van der Waals surface area contributed by atoms with Crippen LogP contribution in [0.5, 0.6) is 0 Å². The molecule has 0 bridgehead atoms. The molecule has 6 heteroatoms. The Morgan fingerprint density at radius 1 is 1.27 bits per heavy atom. The summed E-state index contributed by atoms with van der Waals surface area (Å²) >= 11 is 0. The van der Waals surface area contributed by atoms with Gasteiger partial charge in [0, 0.05) is 6.04 Å². The molecule has 0 heterocycles. The minimum Gasteiger partial charge on any atom is -0.352 e. The van der Waals surface area contributed by atoms with Gasteiger partial charge in [0.05, 0.1) is 11.9 Å².